The van der Waals surface area contributed by atoms with Gasteiger partial charge in [0.1, 0.15) is 5.69 Å². The first-order valence-electron chi connectivity index (χ1n) is 8.38. The van der Waals surface area contributed by atoms with E-state index in [4.69, 9.17) is 11.6 Å². The molecule has 0 aliphatic carbocycles. The summed E-state index contributed by atoms with van der Waals surface area (Å²) in [6.07, 6.45) is -0.140. The third-order valence-corrected chi connectivity index (χ3v) is 5.25. The van der Waals surface area contributed by atoms with Gasteiger partial charge in [0.25, 0.3) is 0 Å². The van der Waals surface area contributed by atoms with Gasteiger partial charge in [-0.15, -0.1) is 11.8 Å². The molecule has 0 fully saturated rings. The van der Waals surface area contributed by atoms with Crippen LogP contribution in [0.15, 0.2) is 30.7 Å². The Labute approximate surface area is 164 Å². The fraction of sp³-hybridized carbons (Fsp3) is 0.471. The highest BCUT2D eigenvalue weighted by Gasteiger charge is 2.28. The monoisotopic (exact) mass is 420 g/mol. The lowest BCUT2D eigenvalue weighted by Crippen LogP contribution is -2.36. The molecule has 0 aliphatic heterocycles. The lowest BCUT2D eigenvalue weighted by molar-refractivity contribution is -0.134. The summed E-state index contributed by atoms with van der Waals surface area (Å²) in [4.78, 5) is 18.2. The summed E-state index contributed by atoms with van der Waals surface area (Å²) < 4.78 is 38.2. The van der Waals surface area contributed by atoms with E-state index in [1.54, 1.807) is 44.6 Å². The number of carbonyl (C=O) groups excluding carboxylic acids is 1. The second kappa shape index (κ2) is 9.45. The second-order valence-corrected chi connectivity index (χ2v) is 7.58. The SMILES string of the molecule is CCN(C(=O)C(C)SCCCC(F)(F)F)c1cn(-c2cccnc2)nc1Cl. The van der Waals surface area contributed by atoms with Crippen molar-refractivity contribution in [2.24, 2.45) is 0 Å². The van der Waals surface area contributed by atoms with E-state index in [2.05, 4.69) is 10.1 Å². The molecule has 0 aliphatic rings. The topological polar surface area (TPSA) is 51.0 Å². The van der Waals surface area contributed by atoms with Crippen LogP contribution in [-0.4, -0.2) is 44.4 Å². The minimum atomic E-state index is -4.17. The Morgan fingerprint density at radius 1 is 1.44 bits per heavy atom. The van der Waals surface area contributed by atoms with Crippen LogP contribution in [0.2, 0.25) is 5.15 Å². The lowest BCUT2D eigenvalue weighted by Gasteiger charge is -2.23. The van der Waals surface area contributed by atoms with Gasteiger partial charge < -0.3 is 4.90 Å². The average molecular weight is 421 g/mol. The molecule has 2 aromatic rings. The predicted octanol–water partition coefficient (Wildman–Crippen LogP) is 4.74. The van der Waals surface area contributed by atoms with Crippen LogP contribution >= 0.6 is 23.4 Å². The normalized spacial score (nSPS) is 12.8. The van der Waals surface area contributed by atoms with Gasteiger partial charge in [-0.2, -0.15) is 18.3 Å². The summed E-state index contributed by atoms with van der Waals surface area (Å²) in [6.45, 7) is 3.85. The van der Waals surface area contributed by atoms with Crippen LogP contribution in [0.25, 0.3) is 5.69 Å². The van der Waals surface area contributed by atoms with Gasteiger partial charge in [-0.05, 0) is 38.2 Å². The summed E-state index contributed by atoms with van der Waals surface area (Å²) >= 11 is 7.42. The number of hydrogen-bond donors (Lipinski definition) is 0. The van der Waals surface area contributed by atoms with Gasteiger partial charge in [-0.1, -0.05) is 11.6 Å². The average Bonchev–Trinajstić information content (AvgIpc) is 3.01. The van der Waals surface area contributed by atoms with Gasteiger partial charge in [0.05, 0.1) is 23.3 Å². The van der Waals surface area contributed by atoms with Gasteiger partial charge >= 0.3 is 6.18 Å². The van der Waals surface area contributed by atoms with Crippen LogP contribution in [0, 0.1) is 0 Å². The van der Waals surface area contributed by atoms with E-state index in [0.29, 0.717) is 17.9 Å². The van der Waals surface area contributed by atoms with Crippen molar-refractivity contribution < 1.29 is 18.0 Å². The molecule has 0 radical (unpaired) electrons. The van der Waals surface area contributed by atoms with Crippen LogP contribution in [0.3, 0.4) is 0 Å². The van der Waals surface area contributed by atoms with Crippen molar-refractivity contribution in [1.82, 2.24) is 14.8 Å². The van der Waals surface area contributed by atoms with E-state index in [0.717, 1.165) is 0 Å². The zero-order valence-corrected chi connectivity index (χ0v) is 16.5. The van der Waals surface area contributed by atoms with E-state index in [-0.39, 0.29) is 23.2 Å². The highest BCUT2D eigenvalue weighted by atomic mass is 35.5. The molecule has 10 heteroatoms. The minimum Gasteiger partial charge on any atom is -0.308 e. The molecule has 0 bridgehead atoms. The molecule has 27 heavy (non-hydrogen) atoms. The number of hydrogen-bond acceptors (Lipinski definition) is 4. The summed E-state index contributed by atoms with van der Waals surface area (Å²) in [5, 5.41) is 3.89. The number of anilines is 1. The number of aromatic nitrogens is 3. The molecule has 0 spiro atoms. The van der Waals surface area contributed by atoms with Crippen molar-refractivity contribution in [2.45, 2.75) is 38.1 Å². The molecular formula is C17H20ClF3N4OS. The molecule has 2 aromatic heterocycles. The number of pyridine rings is 1. The fourth-order valence-electron chi connectivity index (χ4n) is 2.41. The first kappa shape index (κ1) is 21.6. The standard InChI is InChI=1S/C17H20ClF3N4OS/c1-3-24(16(26)12(2)27-9-5-7-17(19,20)21)14-11-25(23-15(14)18)13-6-4-8-22-10-13/h4,6,8,10-12H,3,5,7,9H2,1-2H3. The number of rotatable bonds is 8. The molecule has 1 unspecified atom stereocenters. The minimum absolute atomic E-state index is 0.0163. The Hall–Kier alpha value is -1.74. The number of carbonyl (C=O) groups is 1. The smallest absolute Gasteiger partial charge is 0.308 e. The summed E-state index contributed by atoms with van der Waals surface area (Å²) in [5.41, 5.74) is 1.15. The number of thioether (sulfide) groups is 1. The van der Waals surface area contributed by atoms with E-state index in [1.165, 1.54) is 21.3 Å². The Morgan fingerprint density at radius 2 is 2.19 bits per heavy atom. The van der Waals surface area contributed by atoms with Gasteiger partial charge in [0.2, 0.25) is 5.91 Å². The molecule has 0 saturated carbocycles. The molecule has 2 rings (SSSR count). The van der Waals surface area contributed by atoms with E-state index in [1.807, 2.05) is 0 Å². The Kier molecular flexibility index (Phi) is 7.55. The first-order chi connectivity index (χ1) is 12.7. The Balaban J connectivity index is 2.05. The summed E-state index contributed by atoms with van der Waals surface area (Å²) in [7, 11) is 0. The largest absolute Gasteiger partial charge is 0.389 e. The second-order valence-electron chi connectivity index (χ2n) is 5.78. The van der Waals surface area contributed by atoms with Crippen molar-refractivity contribution in [3.63, 3.8) is 0 Å². The summed E-state index contributed by atoms with van der Waals surface area (Å²) in [5.74, 6) is 0.0364. The number of halogens is 4. The van der Waals surface area contributed by atoms with E-state index < -0.39 is 17.8 Å². The molecule has 0 aromatic carbocycles. The number of amides is 1. The maximum absolute atomic E-state index is 12.7. The molecule has 2 heterocycles. The van der Waals surface area contributed by atoms with Crippen molar-refractivity contribution in [2.75, 3.05) is 17.2 Å². The van der Waals surface area contributed by atoms with Crippen LogP contribution in [0.5, 0.6) is 0 Å². The van der Waals surface area contributed by atoms with Gasteiger partial charge in [0, 0.05) is 19.2 Å². The molecule has 148 valence electrons. The molecule has 5 nitrogen and oxygen atoms in total. The third-order valence-electron chi connectivity index (χ3n) is 3.76. The maximum atomic E-state index is 12.7. The Morgan fingerprint density at radius 3 is 2.78 bits per heavy atom. The molecular weight excluding hydrogens is 401 g/mol. The first-order valence-corrected chi connectivity index (χ1v) is 9.81. The number of nitrogens with zero attached hydrogens (tertiary/aromatic N) is 4. The van der Waals surface area contributed by atoms with Crippen molar-refractivity contribution in [3.8, 4) is 5.69 Å². The predicted molar refractivity (Wildman–Crippen MR) is 102 cm³/mol. The molecule has 1 atom stereocenters. The molecule has 0 N–H and O–H groups in total. The quantitative estimate of drug-likeness (QED) is 0.579. The van der Waals surface area contributed by atoms with E-state index in [9.17, 15) is 18.0 Å². The van der Waals surface area contributed by atoms with Crippen molar-refractivity contribution in [1.29, 1.82) is 0 Å². The maximum Gasteiger partial charge on any atom is 0.389 e. The highest BCUT2D eigenvalue weighted by molar-refractivity contribution is 8.00. The zero-order chi connectivity index (χ0) is 20.0. The van der Waals surface area contributed by atoms with Crippen LogP contribution < -0.4 is 4.90 Å². The van der Waals surface area contributed by atoms with Crippen molar-refractivity contribution >= 4 is 35.0 Å². The lowest BCUT2D eigenvalue weighted by atomic mass is 10.3. The van der Waals surface area contributed by atoms with E-state index >= 15 is 0 Å². The van der Waals surface area contributed by atoms with Gasteiger partial charge in [-0.3, -0.25) is 9.78 Å². The Bertz CT molecular complexity index is 754. The van der Waals surface area contributed by atoms with Gasteiger partial charge in [0.15, 0.2) is 5.15 Å². The summed E-state index contributed by atoms with van der Waals surface area (Å²) in [6, 6.07) is 3.56. The zero-order valence-electron chi connectivity index (χ0n) is 14.9. The molecule has 1 amide bonds. The fourth-order valence-corrected chi connectivity index (χ4v) is 3.58. The van der Waals surface area contributed by atoms with Gasteiger partial charge in [-0.25, -0.2) is 4.68 Å². The van der Waals surface area contributed by atoms with Crippen LogP contribution in [0.1, 0.15) is 26.7 Å². The highest BCUT2D eigenvalue weighted by Crippen LogP contribution is 2.29. The van der Waals surface area contributed by atoms with Crippen LogP contribution in [-0.2, 0) is 4.79 Å². The third kappa shape index (κ3) is 6.14. The molecule has 0 saturated heterocycles. The van der Waals surface area contributed by atoms with Crippen LogP contribution in [0.4, 0.5) is 18.9 Å². The number of alkyl halides is 3. The van der Waals surface area contributed by atoms with Crippen molar-refractivity contribution in [3.05, 3.63) is 35.9 Å².